The molecule has 0 saturated carbocycles. The molecule has 0 amide bonds. The van der Waals surface area contributed by atoms with Crippen molar-refractivity contribution in [1.29, 1.82) is 0 Å². The van der Waals surface area contributed by atoms with Crippen LogP contribution in [0.4, 0.5) is 11.6 Å². The summed E-state index contributed by atoms with van der Waals surface area (Å²) in [4.78, 5) is 4.51. The molecule has 0 saturated heterocycles. The topological polar surface area (TPSA) is 90.7 Å². The molecular formula is C25H24N2O5S. The molecule has 0 atom stereocenters. The molecule has 1 aromatic heterocycles. The van der Waals surface area contributed by atoms with Gasteiger partial charge in [-0.05, 0) is 74.5 Å². The number of anilines is 2. The van der Waals surface area contributed by atoms with Crippen LogP contribution < -0.4 is 14.8 Å². The highest BCUT2D eigenvalue weighted by atomic mass is 32.2. The van der Waals surface area contributed by atoms with Gasteiger partial charge in [0.05, 0.1) is 18.6 Å². The Morgan fingerprint density at radius 1 is 0.909 bits per heavy atom. The molecule has 8 heteroatoms. The van der Waals surface area contributed by atoms with Crippen LogP contribution in [0.1, 0.15) is 12.5 Å². The van der Waals surface area contributed by atoms with Crippen LogP contribution in [0.25, 0.3) is 11.5 Å². The third kappa shape index (κ3) is 4.85. The summed E-state index contributed by atoms with van der Waals surface area (Å²) in [7, 11) is -2.36. The van der Waals surface area contributed by atoms with E-state index in [2.05, 4.69) is 10.3 Å². The standard InChI is InChI=1S/C25H24N2O5S/c1-4-31-21-11-7-18(8-12-21)23-27-25(33(28,29)22-15-5-17(2)6-16-22)24(32-23)26-19-9-13-20(30-3)14-10-19/h5-16,26H,4H2,1-3H3. The lowest BCUT2D eigenvalue weighted by atomic mass is 10.2. The second-order valence-corrected chi connectivity index (χ2v) is 9.15. The summed E-state index contributed by atoms with van der Waals surface area (Å²) >= 11 is 0. The minimum atomic E-state index is -3.94. The average molecular weight is 465 g/mol. The molecule has 1 heterocycles. The van der Waals surface area contributed by atoms with Crippen LogP contribution >= 0.6 is 0 Å². The van der Waals surface area contributed by atoms with E-state index in [-0.39, 0.29) is 21.7 Å². The van der Waals surface area contributed by atoms with E-state index >= 15 is 0 Å². The van der Waals surface area contributed by atoms with E-state index in [0.717, 1.165) is 5.56 Å². The van der Waals surface area contributed by atoms with E-state index < -0.39 is 9.84 Å². The van der Waals surface area contributed by atoms with Crippen molar-refractivity contribution in [2.24, 2.45) is 0 Å². The van der Waals surface area contributed by atoms with Gasteiger partial charge in [0.2, 0.25) is 26.6 Å². The highest BCUT2D eigenvalue weighted by Crippen LogP contribution is 2.35. The van der Waals surface area contributed by atoms with E-state index in [0.29, 0.717) is 29.4 Å². The Labute approximate surface area is 192 Å². The van der Waals surface area contributed by atoms with Gasteiger partial charge in [-0.15, -0.1) is 0 Å². The van der Waals surface area contributed by atoms with Crippen LogP contribution in [0.2, 0.25) is 0 Å². The van der Waals surface area contributed by atoms with Crippen molar-refractivity contribution in [2.45, 2.75) is 23.8 Å². The summed E-state index contributed by atoms with van der Waals surface area (Å²) < 4.78 is 43.5. The predicted molar refractivity (Wildman–Crippen MR) is 126 cm³/mol. The van der Waals surface area contributed by atoms with Gasteiger partial charge in [-0.25, -0.2) is 8.42 Å². The molecule has 33 heavy (non-hydrogen) atoms. The minimum absolute atomic E-state index is 0.0321. The second-order valence-electron chi connectivity index (χ2n) is 7.28. The Bertz CT molecular complexity index is 1330. The number of methoxy groups -OCH3 is 1. The fourth-order valence-corrected chi connectivity index (χ4v) is 4.44. The van der Waals surface area contributed by atoms with Crippen molar-refractivity contribution < 1.29 is 22.3 Å². The predicted octanol–water partition coefficient (Wildman–Crippen LogP) is 5.63. The maximum absolute atomic E-state index is 13.4. The average Bonchev–Trinajstić information content (AvgIpc) is 3.25. The number of benzene rings is 3. The van der Waals surface area contributed by atoms with Gasteiger partial charge < -0.3 is 19.2 Å². The molecule has 0 aliphatic carbocycles. The third-order valence-corrected chi connectivity index (χ3v) is 6.62. The summed E-state index contributed by atoms with van der Waals surface area (Å²) in [6, 6.07) is 20.8. The molecular weight excluding hydrogens is 440 g/mol. The van der Waals surface area contributed by atoms with Crippen molar-refractivity contribution in [2.75, 3.05) is 19.0 Å². The molecule has 1 N–H and O–H groups in total. The quantitative estimate of drug-likeness (QED) is 0.361. The summed E-state index contributed by atoms with van der Waals surface area (Å²) in [6.45, 7) is 4.35. The van der Waals surface area contributed by atoms with E-state index in [9.17, 15) is 8.42 Å². The molecule has 0 radical (unpaired) electrons. The maximum Gasteiger partial charge on any atom is 0.238 e. The molecule has 0 aliphatic rings. The van der Waals surface area contributed by atoms with Crippen molar-refractivity contribution in [3.05, 3.63) is 78.4 Å². The highest BCUT2D eigenvalue weighted by molar-refractivity contribution is 7.91. The van der Waals surface area contributed by atoms with E-state index in [4.69, 9.17) is 13.9 Å². The molecule has 3 aromatic carbocycles. The summed E-state index contributed by atoms with van der Waals surface area (Å²) in [5.41, 5.74) is 2.22. The van der Waals surface area contributed by atoms with Gasteiger partial charge in [0, 0.05) is 11.3 Å². The molecule has 0 fully saturated rings. The van der Waals surface area contributed by atoms with E-state index in [1.165, 1.54) is 0 Å². The van der Waals surface area contributed by atoms with Crippen LogP contribution in [0.15, 0.2) is 87.1 Å². The van der Waals surface area contributed by atoms with Gasteiger partial charge >= 0.3 is 0 Å². The molecule has 170 valence electrons. The smallest absolute Gasteiger partial charge is 0.238 e. The monoisotopic (exact) mass is 464 g/mol. The lowest BCUT2D eigenvalue weighted by Crippen LogP contribution is -2.05. The Morgan fingerprint density at radius 2 is 1.55 bits per heavy atom. The summed E-state index contributed by atoms with van der Waals surface area (Å²) in [5.74, 6) is 1.60. The second kappa shape index (κ2) is 9.38. The first-order valence-corrected chi connectivity index (χ1v) is 11.9. The van der Waals surface area contributed by atoms with Gasteiger partial charge in [0.1, 0.15) is 11.5 Å². The van der Waals surface area contributed by atoms with Gasteiger partial charge in [-0.3, -0.25) is 0 Å². The van der Waals surface area contributed by atoms with Crippen LogP contribution in [0, 0.1) is 6.92 Å². The third-order valence-electron chi connectivity index (χ3n) is 4.94. The number of hydrogen-bond acceptors (Lipinski definition) is 7. The normalized spacial score (nSPS) is 11.2. The Morgan fingerprint density at radius 3 is 2.15 bits per heavy atom. The lowest BCUT2D eigenvalue weighted by molar-refractivity contribution is 0.340. The molecule has 4 rings (SSSR count). The Kier molecular flexibility index (Phi) is 6.37. The largest absolute Gasteiger partial charge is 0.497 e. The minimum Gasteiger partial charge on any atom is -0.497 e. The SMILES string of the molecule is CCOc1ccc(-c2nc(S(=O)(=O)c3ccc(C)cc3)c(Nc3ccc(OC)cc3)o2)cc1. The Balaban J connectivity index is 1.77. The molecule has 0 bridgehead atoms. The van der Waals surface area contributed by atoms with Gasteiger partial charge in [0.25, 0.3) is 0 Å². The van der Waals surface area contributed by atoms with Gasteiger partial charge in [0.15, 0.2) is 0 Å². The van der Waals surface area contributed by atoms with E-state index in [1.54, 1.807) is 79.9 Å². The number of oxazole rings is 1. The first-order chi connectivity index (χ1) is 15.9. The summed E-state index contributed by atoms with van der Waals surface area (Å²) in [6.07, 6.45) is 0. The van der Waals surface area contributed by atoms with Gasteiger partial charge in [-0.1, -0.05) is 17.7 Å². The molecule has 4 aromatic rings. The van der Waals surface area contributed by atoms with Crippen molar-refractivity contribution in [3.63, 3.8) is 0 Å². The number of sulfone groups is 1. The first kappa shape index (κ1) is 22.4. The maximum atomic E-state index is 13.4. The van der Waals surface area contributed by atoms with Crippen LogP contribution in [0.5, 0.6) is 11.5 Å². The van der Waals surface area contributed by atoms with E-state index in [1.807, 2.05) is 13.8 Å². The first-order valence-electron chi connectivity index (χ1n) is 10.4. The number of ether oxygens (including phenoxy) is 2. The number of nitrogens with zero attached hydrogens (tertiary/aromatic N) is 1. The zero-order valence-electron chi connectivity index (χ0n) is 18.5. The van der Waals surface area contributed by atoms with Crippen LogP contribution in [-0.2, 0) is 9.84 Å². The zero-order valence-corrected chi connectivity index (χ0v) is 19.3. The molecule has 0 unspecified atom stereocenters. The summed E-state index contributed by atoms with van der Waals surface area (Å²) in [5, 5.41) is 2.86. The number of aromatic nitrogens is 1. The fraction of sp³-hybridized carbons (Fsp3) is 0.160. The number of hydrogen-bond donors (Lipinski definition) is 1. The van der Waals surface area contributed by atoms with Crippen molar-refractivity contribution in [1.82, 2.24) is 4.98 Å². The number of rotatable bonds is 8. The fourth-order valence-electron chi connectivity index (χ4n) is 3.19. The number of nitrogens with one attached hydrogen (secondary N) is 1. The lowest BCUT2D eigenvalue weighted by Gasteiger charge is -2.07. The van der Waals surface area contributed by atoms with Gasteiger partial charge in [-0.2, -0.15) is 4.98 Å². The van der Waals surface area contributed by atoms with Crippen molar-refractivity contribution >= 4 is 21.4 Å². The molecule has 0 aliphatic heterocycles. The molecule has 0 spiro atoms. The van der Waals surface area contributed by atoms with Crippen LogP contribution in [-0.4, -0.2) is 27.1 Å². The number of aryl methyl sites for hydroxylation is 1. The Hall–Kier alpha value is -3.78. The van der Waals surface area contributed by atoms with Crippen molar-refractivity contribution in [3.8, 4) is 23.0 Å². The highest BCUT2D eigenvalue weighted by Gasteiger charge is 2.28. The zero-order chi connectivity index (χ0) is 23.4. The molecule has 7 nitrogen and oxygen atoms in total. The van der Waals surface area contributed by atoms with Crippen LogP contribution in [0.3, 0.4) is 0 Å².